The first kappa shape index (κ1) is 10.5. The molecule has 1 amide bonds. The average molecular weight is 184 g/mol. The van der Waals surface area contributed by atoms with Crippen molar-refractivity contribution in [3.63, 3.8) is 0 Å². The van der Waals surface area contributed by atoms with Gasteiger partial charge in [-0.1, -0.05) is 6.92 Å². The summed E-state index contributed by atoms with van der Waals surface area (Å²) in [5.74, 6) is 1.14. The van der Waals surface area contributed by atoms with Crippen molar-refractivity contribution >= 4 is 5.91 Å². The Bertz CT molecular complexity index is 166. The molecular formula is C10H20N2O. The fourth-order valence-electron chi connectivity index (χ4n) is 1.45. The highest BCUT2D eigenvalue weighted by atomic mass is 16.1. The first-order chi connectivity index (χ1) is 6.25. The number of amides is 1. The van der Waals surface area contributed by atoms with E-state index in [4.69, 9.17) is 0 Å². The maximum absolute atomic E-state index is 11.5. The minimum absolute atomic E-state index is 0.231. The normalized spacial score (nSPS) is 18.3. The summed E-state index contributed by atoms with van der Waals surface area (Å²) >= 11 is 0. The van der Waals surface area contributed by atoms with Crippen LogP contribution in [0, 0.1) is 11.8 Å². The molecule has 76 valence electrons. The van der Waals surface area contributed by atoms with Gasteiger partial charge in [-0.05, 0) is 38.8 Å². The van der Waals surface area contributed by atoms with Crippen LogP contribution in [0.15, 0.2) is 0 Å². The second kappa shape index (κ2) is 5.22. The third-order valence-electron chi connectivity index (χ3n) is 2.65. The summed E-state index contributed by atoms with van der Waals surface area (Å²) in [7, 11) is 1.93. The molecule has 2 N–H and O–H groups in total. The minimum Gasteiger partial charge on any atom is -0.356 e. The van der Waals surface area contributed by atoms with Gasteiger partial charge >= 0.3 is 0 Å². The smallest absolute Gasteiger partial charge is 0.223 e. The van der Waals surface area contributed by atoms with Gasteiger partial charge in [0.15, 0.2) is 0 Å². The van der Waals surface area contributed by atoms with E-state index >= 15 is 0 Å². The van der Waals surface area contributed by atoms with Crippen LogP contribution in [0.2, 0.25) is 0 Å². The standard InChI is InChI=1S/C10H20N2O/c1-8(9-4-5-9)10(13)12-7-3-6-11-2/h8-9,11H,3-7H2,1-2H3,(H,12,13). The number of rotatable bonds is 6. The molecule has 1 aliphatic carbocycles. The van der Waals surface area contributed by atoms with Gasteiger partial charge in [0.2, 0.25) is 5.91 Å². The highest BCUT2D eigenvalue weighted by Crippen LogP contribution is 2.36. The van der Waals surface area contributed by atoms with Crippen molar-refractivity contribution < 1.29 is 4.79 Å². The summed E-state index contributed by atoms with van der Waals surface area (Å²) in [4.78, 5) is 11.5. The van der Waals surface area contributed by atoms with Gasteiger partial charge < -0.3 is 10.6 Å². The Labute approximate surface area is 80.3 Å². The second-order valence-corrected chi connectivity index (χ2v) is 3.87. The molecule has 0 aliphatic heterocycles. The Kier molecular flexibility index (Phi) is 4.22. The lowest BCUT2D eigenvalue weighted by Gasteiger charge is -2.10. The molecule has 3 heteroatoms. The molecule has 1 atom stereocenters. The third-order valence-corrected chi connectivity index (χ3v) is 2.65. The lowest BCUT2D eigenvalue weighted by molar-refractivity contribution is -0.125. The number of carbonyl (C=O) groups excluding carboxylic acids is 1. The van der Waals surface area contributed by atoms with Crippen LogP contribution < -0.4 is 10.6 Å². The summed E-state index contributed by atoms with van der Waals surface area (Å²) < 4.78 is 0. The molecule has 0 heterocycles. The van der Waals surface area contributed by atoms with E-state index in [2.05, 4.69) is 10.6 Å². The van der Waals surface area contributed by atoms with E-state index in [1.54, 1.807) is 0 Å². The van der Waals surface area contributed by atoms with Crippen LogP contribution in [0.1, 0.15) is 26.2 Å². The Hall–Kier alpha value is -0.570. The maximum Gasteiger partial charge on any atom is 0.223 e. The van der Waals surface area contributed by atoms with Gasteiger partial charge in [0.25, 0.3) is 0 Å². The molecule has 0 aromatic carbocycles. The molecule has 0 saturated heterocycles. The first-order valence-electron chi connectivity index (χ1n) is 5.18. The number of carbonyl (C=O) groups is 1. The van der Waals surface area contributed by atoms with E-state index in [0.717, 1.165) is 19.5 Å². The monoisotopic (exact) mass is 184 g/mol. The molecule has 0 aromatic rings. The zero-order chi connectivity index (χ0) is 9.68. The fourth-order valence-corrected chi connectivity index (χ4v) is 1.45. The van der Waals surface area contributed by atoms with Crippen molar-refractivity contribution in [3.05, 3.63) is 0 Å². The van der Waals surface area contributed by atoms with Crippen molar-refractivity contribution in [3.8, 4) is 0 Å². The van der Waals surface area contributed by atoms with Gasteiger partial charge in [-0.25, -0.2) is 0 Å². The zero-order valence-corrected chi connectivity index (χ0v) is 8.60. The van der Waals surface area contributed by atoms with Crippen LogP contribution in [0.4, 0.5) is 0 Å². The average Bonchev–Trinajstić information content (AvgIpc) is 2.94. The van der Waals surface area contributed by atoms with Gasteiger partial charge in [0.1, 0.15) is 0 Å². The lowest BCUT2D eigenvalue weighted by Crippen LogP contribution is -2.32. The van der Waals surface area contributed by atoms with E-state index in [0.29, 0.717) is 5.92 Å². The van der Waals surface area contributed by atoms with E-state index in [1.807, 2.05) is 14.0 Å². The van der Waals surface area contributed by atoms with E-state index in [9.17, 15) is 4.79 Å². The van der Waals surface area contributed by atoms with Gasteiger partial charge in [-0.2, -0.15) is 0 Å². The topological polar surface area (TPSA) is 41.1 Å². The predicted molar refractivity (Wildman–Crippen MR) is 53.4 cm³/mol. The molecule has 1 rings (SSSR count). The molecule has 13 heavy (non-hydrogen) atoms. The molecule has 1 saturated carbocycles. The van der Waals surface area contributed by atoms with Crippen LogP contribution in [0.3, 0.4) is 0 Å². The van der Waals surface area contributed by atoms with E-state index in [1.165, 1.54) is 12.8 Å². The first-order valence-corrected chi connectivity index (χ1v) is 5.18. The summed E-state index contributed by atoms with van der Waals surface area (Å²) in [6.07, 6.45) is 3.50. The van der Waals surface area contributed by atoms with Gasteiger partial charge in [-0.15, -0.1) is 0 Å². The molecule has 0 aromatic heterocycles. The van der Waals surface area contributed by atoms with E-state index in [-0.39, 0.29) is 11.8 Å². The Morgan fingerprint density at radius 1 is 1.46 bits per heavy atom. The van der Waals surface area contributed by atoms with Crippen LogP contribution in [0.25, 0.3) is 0 Å². The minimum atomic E-state index is 0.231. The quantitative estimate of drug-likeness (QED) is 0.598. The highest BCUT2D eigenvalue weighted by molar-refractivity contribution is 5.78. The van der Waals surface area contributed by atoms with Crippen molar-refractivity contribution in [2.24, 2.45) is 11.8 Å². The molecule has 1 fully saturated rings. The second-order valence-electron chi connectivity index (χ2n) is 3.87. The predicted octanol–water partition coefficient (Wildman–Crippen LogP) is 0.758. The summed E-state index contributed by atoms with van der Waals surface area (Å²) in [5, 5.41) is 6.01. The summed E-state index contributed by atoms with van der Waals surface area (Å²) in [6, 6.07) is 0. The van der Waals surface area contributed by atoms with E-state index < -0.39 is 0 Å². The van der Waals surface area contributed by atoms with Gasteiger partial charge in [-0.3, -0.25) is 4.79 Å². The molecule has 0 spiro atoms. The number of hydrogen-bond acceptors (Lipinski definition) is 2. The van der Waals surface area contributed by atoms with Crippen LogP contribution in [-0.2, 0) is 4.79 Å². The van der Waals surface area contributed by atoms with Crippen LogP contribution >= 0.6 is 0 Å². The third kappa shape index (κ3) is 3.77. The van der Waals surface area contributed by atoms with Crippen molar-refractivity contribution in [1.82, 2.24) is 10.6 Å². The molecular weight excluding hydrogens is 164 g/mol. The molecule has 3 nitrogen and oxygen atoms in total. The lowest BCUT2D eigenvalue weighted by atomic mass is 10.1. The van der Waals surface area contributed by atoms with Crippen LogP contribution in [0.5, 0.6) is 0 Å². The highest BCUT2D eigenvalue weighted by Gasteiger charge is 2.32. The van der Waals surface area contributed by atoms with Crippen molar-refractivity contribution in [2.45, 2.75) is 26.2 Å². The fraction of sp³-hybridized carbons (Fsp3) is 0.900. The number of hydrogen-bond donors (Lipinski definition) is 2. The van der Waals surface area contributed by atoms with Gasteiger partial charge in [0, 0.05) is 12.5 Å². The molecule has 1 unspecified atom stereocenters. The SMILES string of the molecule is CNCCCNC(=O)C(C)C1CC1. The van der Waals surface area contributed by atoms with Crippen LogP contribution in [-0.4, -0.2) is 26.0 Å². The Morgan fingerprint density at radius 2 is 2.15 bits per heavy atom. The maximum atomic E-state index is 11.5. The molecule has 1 aliphatic rings. The summed E-state index contributed by atoms with van der Waals surface area (Å²) in [6.45, 7) is 3.81. The molecule has 0 radical (unpaired) electrons. The zero-order valence-electron chi connectivity index (χ0n) is 8.60. The van der Waals surface area contributed by atoms with Crippen molar-refractivity contribution in [1.29, 1.82) is 0 Å². The number of nitrogens with one attached hydrogen (secondary N) is 2. The largest absolute Gasteiger partial charge is 0.356 e. The Morgan fingerprint density at radius 3 is 2.69 bits per heavy atom. The summed E-state index contributed by atoms with van der Waals surface area (Å²) in [5.41, 5.74) is 0. The molecule has 0 bridgehead atoms. The van der Waals surface area contributed by atoms with Crippen molar-refractivity contribution in [2.75, 3.05) is 20.1 Å². The van der Waals surface area contributed by atoms with Gasteiger partial charge in [0.05, 0.1) is 0 Å². The Balaban J connectivity index is 2.02.